The average molecular weight is 601 g/mol. The van der Waals surface area contributed by atoms with Crippen molar-refractivity contribution in [1.29, 1.82) is 0 Å². The fourth-order valence-corrected chi connectivity index (χ4v) is 6.17. The number of halogens is 1. The van der Waals surface area contributed by atoms with Gasteiger partial charge in [-0.3, -0.25) is 14.6 Å². The number of rotatable bonds is 7. The van der Waals surface area contributed by atoms with Crippen molar-refractivity contribution in [3.63, 3.8) is 0 Å². The van der Waals surface area contributed by atoms with E-state index in [0.29, 0.717) is 24.2 Å². The van der Waals surface area contributed by atoms with Crippen molar-refractivity contribution in [1.82, 2.24) is 24.8 Å². The number of likely N-dealkylation sites (tertiary alicyclic amines) is 1. The Bertz CT molecular complexity index is 1340. The minimum Gasteiger partial charge on any atom is -0.340 e. The smallest absolute Gasteiger partial charge is 0.241 e. The Balaban J connectivity index is 1.01. The molecule has 4 aromatic rings. The van der Waals surface area contributed by atoms with Gasteiger partial charge in [-0.1, -0.05) is 81.8 Å². The molecule has 0 saturated carbocycles. The van der Waals surface area contributed by atoms with Crippen LogP contribution < -0.4 is 0 Å². The van der Waals surface area contributed by atoms with Crippen LogP contribution in [0.15, 0.2) is 93.9 Å². The van der Waals surface area contributed by atoms with E-state index in [9.17, 15) is 4.79 Å². The predicted molar refractivity (Wildman–Crippen MR) is 158 cm³/mol. The summed E-state index contributed by atoms with van der Waals surface area (Å²) in [5.74, 6) is 1.62. The normalized spacial score (nSPS) is 17.4. The van der Waals surface area contributed by atoms with Crippen LogP contribution in [0.3, 0.4) is 0 Å². The zero-order valence-corrected chi connectivity index (χ0v) is 24.1. The molecule has 0 N–H and O–H groups in total. The first-order valence-corrected chi connectivity index (χ1v) is 14.9. The zero-order valence-electron chi connectivity index (χ0n) is 22.5. The second kappa shape index (κ2) is 12.5. The minimum absolute atomic E-state index is 0.0860. The third-order valence-electron chi connectivity index (χ3n) is 8.09. The number of aromatic nitrogens is 2. The van der Waals surface area contributed by atoms with E-state index in [2.05, 4.69) is 101 Å². The molecule has 1 aromatic heterocycles. The number of hydrogen-bond acceptors (Lipinski definition) is 6. The van der Waals surface area contributed by atoms with Crippen LogP contribution in [0.1, 0.15) is 35.9 Å². The third kappa shape index (κ3) is 6.19. The standard InChI is InChI=1S/C32H34BrN5O2/c33-28-13-11-26(12-14-28)31-34-29(40-35-31)23-36-17-15-27(16-18-36)32(39)38-21-19-37(20-22-38)30(24-7-3-1-4-8-24)25-9-5-2-6-10-25/h1-14,27,30H,15-23H2. The van der Waals surface area contributed by atoms with Gasteiger partial charge in [0.2, 0.25) is 17.6 Å². The van der Waals surface area contributed by atoms with E-state index in [0.717, 1.165) is 62.1 Å². The van der Waals surface area contributed by atoms with E-state index in [1.54, 1.807) is 0 Å². The molecule has 0 bridgehead atoms. The van der Waals surface area contributed by atoms with E-state index in [4.69, 9.17) is 4.52 Å². The lowest BCUT2D eigenvalue weighted by Crippen LogP contribution is -2.52. The highest BCUT2D eigenvalue weighted by molar-refractivity contribution is 9.10. The summed E-state index contributed by atoms with van der Waals surface area (Å²) in [5.41, 5.74) is 3.53. The molecule has 0 aliphatic carbocycles. The Labute approximate surface area is 243 Å². The molecule has 3 aromatic carbocycles. The number of benzene rings is 3. The lowest BCUT2D eigenvalue weighted by atomic mass is 9.94. The van der Waals surface area contributed by atoms with Gasteiger partial charge in [0.05, 0.1) is 12.6 Å². The number of piperazine rings is 1. The molecule has 0 radical (unpaired) electrons. The van der Waals surface area contributed by atoms with Gasteiger partial charge in [0.15, 0.2) is 0 Å². The number of piperidine rings is 1. The van der Waals surface area contributed by atoms with Gasteiger partial charge in [-0.2, -0.15) is 4.98 Å². The molecule has 2 saturated heterocycles. The summed E-state index contributed by atoms with van der Waals surface area (Å²) < 4.78 is 6.54. The van der Waals surface area contributed by atoms with E-state index in [-0.39, 0.29) is 12.0 Å². The van der Waals surface area contributed by atoms with Crippen LogP contribution >= 0.6 is 15.9 Å². The molecule has 7 nitrogen and oxygen atoms in total. The Morgan fingerprint density at radius 2 is 1.43 bits per heavy atom. The topological polar surface area (TPSA) is 65.7 Å². The summed E-state index contributed by atoms with van der Waals surface area (Å²) in [4.78, 5) is 25.0. The molecule has 2 aliphatic heterocycles. The molecule has 2 aliphatic rings. The number of carbonyl (C=O) groups excluding carboxylic acids is 1. The van der Waals surface area contributed by atoms with Crippen LogP contribution in [0.4, 0.5) is 0 Å². The van der Waals surface area contributed by atoms with Gasteiger partial charge in [-0.25, -0.2) is 0 Å². The molecule has 3 heterocycles. The highest BCUT2D eigenvalue weighted by Gasteiger charge is 2.33. The molecule has 8 heteroatoms. The second-order valence-electron chi connectivity index (χ2n) is 10.7. The highest BCUT2D eigenvalue weighted by atomic mass is 79.9. The van der Waals surface area contributed by atoms with Gasteiger partial charge < -0.3 is 9.42 Å². The van der Waals surface area contributed by atoms with Gasteiger partial charge in [0.1, 0.15) is 0 Å². The lowest BCUT2D eigenvalue weighted by Gasteiger charge is -2.41. The van der Waals surface area contributed by atoms with Gasteiger partial charge in [-0.05, 0) is 61.3 Å². The molecule has 6 rings (SSSR count). The second-order valence-corrected chi connectivity index (χ2v) is 11.6. The van der Waals surface area contributed by atoms with Crippen LogP contribution in [0.25, 0.3) is 11.4 Å². The Morgan fingerprint density at radius 1 is 0.825 bits per heavy atom. The quantitative estimate of drug-likeness (QED) is 0.274. The summed E-state index contributed by atoms with van der Waals surface area (Å²) in [6, 6.07) is 29.5. The molecule has 0 unspecified atom stereocenters. The Morgan fingerprint density at radius 3 is 2.02 bits per heavy atom. The number of nitrogens with zero attached hydrogens (tertiary/aromatic N) is 5. The van der Waals surface area contributed by atoms with Crippen molar-refractivity contribution in [3.8, 4) is 11.4 Å². The highest BCUT2D eigenvalue weighted by Crippen LogP contribution is 2.30. The van der Waals surface area contributed by atoms with Gasteiger partial charge in [0.25, 0.3) is 0 Å². The monoisotopic (exact) mass is 599 g/mol. The zero-order chi connectivity index (χ0) is 27.3. The molecule has 2 fully saturated rings. The van der Waals surface area contributed by atoms with Crippen molar-refractivity contribution in [2.45, 2.75) is 25.4 Å². The predicted octanol–water partition coefficient (Wildman–Crippen LogP) is 5.64. The Kier molecular flexibility index (Phi) is 8.37. The number of carbonyl (C=O) groups is 1. The van der Waals surface area contributed by atoms with Crippen molar-refractivity contribution in [2.24, 2.45) is 5.92 Å². The number of amides is 1. The van der Waals surface area contributed by atoms with E-state index >= 15 is 0 Å². The number of hydrogen-bond donors (Lipinski definition) is 0. The van der Waals surface area contributed by atoms with Crippen LogP contribution in [-0.4, -0.2) is 70.0 Å². The molecule has 1 amide bonds. The molecule has 206 valence electrons. The van der Waals surface area contributed by atoms with E-state index < -0.39 is 0 Å². The molecule has 0 spiro atoms. The van der Waals surface area contributed by atoms with Crippen LogP contribution in [0.5, 0.6) is 0 Å². The minimum atomic E-state index is 0.0860. The fourth-order valence-electron chi connectivity index (χ4n) is 5.91. The van der Waals surface area contributed by atoms with Crippen LogP contribution in [0, 0.1) is 5.92 Å². The maximum absolute atomic E-state index is 13.5. The van der Waals surface area contributed by atoms with Crippen molar-refractivity contribution in [2.75, 3.05) is 39.3 Å². The maximum atomic E-state index is 13.5. The first-order valence-electron chi connectivity index (χ1n) is 14.1. The van der Waals surface area contributed by atoms with E-state index in [1.165, 1.54) is 11.1 Å². The molecule has 0 atom stereocenters. The summed E-state index contributed by atoms with van der Waals surface area (Å²) in [7, 11) is 0. The van der Waals surface area contributed by atoms with Gasteiger partial charge in [-0.15, -0.1) is 0 Å². The maximum Gasteiger partial charge on any atom is 0.241 e. The van der Waals surface area contributed by atoms with Crippen molar-refractivity contribution < 1.29 is 9.32 Å². The summed E-state index contributed by atoms with van der Waals surface area (Å²) in [6.45, 7) is 5.62. The van der Waals surface area contributed by atoms with Gasteiger partial charge in [0, 0.05) is 42.1 Å². The first-order chi connectivity index (χ1) is 19.6. The van der Waals surface area contributed by atoms with Crippen LogP contribution in [0.2, 0.25) is 0 Å². The summed E-state index contributed by atoms with van der Waals surface area (Å²) in [5, 5.41) is 4.15. The first kappa shape index (κ1) is 26.9. The van der Waals surface area contributed by atoms with Crippen LogP contribution in [-0.2, 0) is 11.3 Å². The Hall–Kier alpha value is -3.33. The lowest BCUT2D eigenvalue weighted by molar-refractivity contribution is -0.139. The molecular formula is C32H34BrN5O2. The average Bonchev–Trinajstić information content (AvgIpc) is 3.47. The third-order valence-corrected chi connectivity index (χ3v) is 8.62. The summed E-state index contributed by atoms with van der Waals surface area (Å²) in [6.07, 6.45) is 1.73. The van der Waals surface area contributed by atoms with E-state index in [1.807, 2.05) is 24.3 Å². The molecule has 40 heavy (non-hydrogen) atoms. The molecular weight excluding hydrogens is 566 g/mol. The SMILES string of the molecule is O=C(C1CCN(Cc2nc(-c3ccc(Br)cc3)no2)CC1)N1CCN(C(c2ccccc2)c2ccccc2)CC1. The van der Waals surface area contributed by atoms with Crippen molar-refractivity contribution >= 4 is 21.8 Å². The van der Waals surface area contributed by atoms with Crippen molar-refractivity contribution in [3.05, 3.63) is 106 Å². The largest absolute Gasteiger partial charge is 0.340 e. The summed E-state index contributed by atoms with van der Waals surface area (Å²) >= 11 is 3.45. The fraction of sp³-hybridized carbons (Fsp3) is 0.344. The van der Waals surface area contributed by atoms with Gasteiger partial charge >= 0.3 is 0 Å².